The van der Waals surface area contributed by atoms with Crippen LogP contribution in [0.1, 0.15) is 13.3 Å². The monoisotopic (exact) mass is 191 g/mol. The van der Waals surface area contributed by atoms with Gasteiger partial charge in [0.05, 0.1) is 11.5 Å². The minimum absolute atomic E-state index is 0.0721. The highest BCUT2D eigenvalue weighted by atomic mass is 32.2. The van der Waals surface area contributed by atoms with Crippen molar-refractivity contribution in [2.75, 3.05) is 18.6 Å². The first-order valence-corrected chi connectivity index (χ1v) is 5.68. The van der Waals surface area contributed by atoms with Crippen molar-refractivity contribution in [2.45, 2.75) is 19.4 Å². The minimum atomic E-state index is -2.87. The standard InChI is InChI=1S/C7H13NO3S/c1-6(9)8(2)7-3-4-12(10,11)5-7/h7H,3-5H2,1-2H3/t7-/m0/s1. The molecule has 0 radical (unpaired) electrons. The highest BCUT2D eigenvalue weighted by Gasteiger charge is 2.31. The van der Waals surface area contributed by atoms with Crippen molar-refractivity contribution < 1.29 is 13.2 Å². The normalized spacial score (nSPS) is 27.0. The average molecular weight is 191 g/mol. The summed E-state index contributed by atoms with van der Waals surface area (Å²) in [5.41, 5.74) is 0. The van der Waals surface area contributed by atoms with Crippen molar-refractivity contribution >= 4 is 15.7 Å². The Morgan fingerprint density at radius 2 is 2.08 bits per heavy atom. The number of hydrogen-bond donors (Lipinski definition) is 0. The highest BCUT2D eigenvalue weighted by Crippen LogP contribution is 2.16. The summed E-state index contributed by atoms with van der Waals surface area (Å²) in [4.78, 5) is 12.4. The Balaban J connectivity index is 2.64. The smallest absolute Gasteiger partial charge is 0.219 e. The Morgan fingerprint density at radius 3 is 2.42 bits per heavy atom. The molecule has 0 aromatic carbocycles. The Hall–Kier alpha value is -0.580. The van der Waals surface area contributed by atoms with Gasteiger partial charge in [-0.15, -0.1) is 0 Å². The van der Waals surface area contributed by atoms with Gasteiger partial charge in [0.2, 0.25) is 5.91 Å². The first-order chi connectivity index (χ1) is 5.42. The molecule has 1 rings (SSSR count). The third kappa shape index (κ3) is 1.97. The molecule has 70 valence electrons. The van der Waals surface area contributed by atoms with Crippen molar-refractivity contribution in [3.05, 3.63) is 0 Å². The molecule has 0 aromatic heterocycles. The van der Waals surface area contributed by atoms with E-state index in [2.05, 4.69) is 0 Å². The number of carbonyl (C=O) groups is 1. The van der Waals surface area contributed by atoms with Crippen LogP contribution >= 0.6 is 0 Å². The van der Waals surface area contributed by atoms with E-state index in [0.29, 0.717) is 6.42 Å². The summed E-state index contributed by atoms with van der Waals surface area (Å²) in [6.45, 7) is 1.45. The maximum absolute atomic E-state index is 11.0. The van der Waals surface area contributed by atoms with Gasteiger partial charge in [-0.2, -0.15) is 0 Å². The summed E-state index contributed by atoms with van der Waals surface area (Å²) < 4.78 is 22.1. The van der Waals surface area contributed by atoms with E-state index in [4.69, 9.17) is 0 Å². The van der Waals surface area contributed by atoms with Crippen molar-refractivity contribution in [2.24, 2.45) is 0 Å². The van der Waals surface area contributed by atoms with E-state index in [9.17, 15) is 13.2 Å². The molecule has 12 heavy (non-hydrogen) atoms. The van der Waals surface area contributed by atoms with Gasteiger partial charge in [0, 0.05) is 20.0 Å². The SMILES string of the molecule is CC(=O)N(C)[C@H]1CCS(=O)(=O)C1. The third-order valence-electron chi connectivity index (χ3n) is 2.25. The molecule has 0 aromatic rings. The summed E-state index contributed by atoms with van der Waals surface area (Å²) >= 11 is 0. The van der Waals surface area contributed by atoms with Gasteiger partial charge < -0.3 is 4.90 Å². The summed E-state index contributed by atoms with van der Waals surface area (Å²) in [5.74, 6) is 0.273. The van der Waals surface area contributed by atoms with Crippen LogP contribution in [-0.2, 0) is 14.6 Å². The zero-order valence-electron chi connectivity index (χ0n) is 7.28. The van der Waals surface area contributed by atoms with Crippen molar-refractivity contribution in [3.63, 3.8) is 0 Å². The predicted molar refractivity (Wildman–Crippen MR) is 45.5 cm³/mol. The second kappa shape index (κ2) is 3.05. The fourth-order valence-corrected chi connectivity index (χ4v) is 3.11. The van der Waals surface area contributed by atoms with Gasteiger partial charge in [0.15, 0.2) is 9.84 Å². The van der Waals surface area contributed by atoms with Gasteiger partial charge in [-0.05, 0) is 6.42 Å². The fourth-order valence-electron chi connectivity index (χ4n) is 1.34. The maximum Gasteiger partial charge on any atom is 0.219 e. The van der Waals surface area contributed by atoms with Crippen LogP contribution < -0.4 is 0 Å². The van der Waals surface area contributed by atoms with Crippen molar-refractivity contribution in [1.29, 1.82) is 0 Å². The number of hydrogen-bond acceptors (Lipinski definition) is 3. The second-order valence-electron chi connectivity index (χ2n) is 3.19. The third-order valence-corrected chi connectivity index (χ3v) is 4.00. The van der Waals surface area contributed by atoms with Gasteiger partial charge in [-0.25, -0.2) is 8.42 Å². The zero-order valence-corrected chi connectivity index (χ0v) is 8.10. The Morgan fingerprint density at radius 1 is 1.50 bits per heavy atom. The van der Waals surface area contributed by atoms with Gasteiger partial charge in [0.1, 0.15) is 0 Å². The van der Waals surface area contributed by atoms with E-state index in [-0.39, 0.29) is 23.5 Å². The van der Waals surface area contributed by atoms with Gasteiger partial charge in [0.25, 0.3) is 0 Å². The second-order valence-corrected chi connectivity index (χ2v) is 5.42. The summed E-state index contributed by atoms with van der Waals surface area (Å²) in [7, 11) is -1.22. The lowest BCUT2D eigenvalue weighted by Crippen LogP contribution is -2.36. The molecular formula is C7H13NO3S. The first kappa shape index (κ1) is 9.51. The molecule has 1 aliphatic heterocycles. The van der Waals surface area contributed by atoms with Gasteiger partial charge in [-0.1, -0.05) is 0 Å². The molecule has 0 saturated carbocycles. The van der Waals surface area contributed by atoms with Crippen LogP contribution in [0.2, 0.25) is 0 Å². The molecule has 1 saturated heterocycles. The molecule has 1 aliphatic rings. The minimum Gasteiger partial charge on any atom is -0.342 e. The van der Waals surface area contributed by atoms with E-state index >= 15 is 0 Å². The Bertz CT molecular complexity index is 283. The largest absolute Gasteiger partial charge is 0.342 e. The molecule has 0 spiro atoms. The summed E-state index contributed by atoms with van der Waals surface area (Å²) in [6, 6.07) is -0.104. The van der Waals surface area contributed by atoms with Crippen molar-refractivity contribution in [3.8, 4) is 0 Å². The predicted octanol–water partition coefficient (Wildman–Crippen LogP) is -0.348. The van der Waals surface area contributed by atoms with E-state index in [0.717, 1.165) is 0 Å². The molecule has 1 amide bonds. The van der Waals surface area contributed by atoms with Crippen LogP contribution in [-0.4, -0.2) is 43.8 Å². The van der Waals surface area contributed by atoms with Crippen LogP contribution in [0.3, 0.4) is 0 Å². The maximum atomic E-state index is 11.0. The molecular weight excluding hydrogens is 178 g/mol. The lowest BCUT2D eigenvalue weighted by Gasteiger charge is -2.21. The zero-order chi connectivity index (χ0) is 9.35. The van der Waals surface area contributed by atoms with Gasteiger partial charge >= 0.3 is 0 Å². The Kier molecular flexibility index (Phi) is 2.41. The van der Waals surface area contributed by atoms with Crippen LogP contribution in [0.25, 0.3) is 0 Å². The molecule has 1 fully saturated rings. The number of nitrogens with zero attached hydrogens (tertiary/aromatic N) is 1. The molecule has 4 nitrogen and oxygen atoms in total. The number of rotatable bonds is 1. The molecule has 1 atom stereocenters. The van der Waals surface area contributed by atoms with Crippen LogP contribution in [0.4, 0.5) is 0 Å². The average Bonchev–Trinajstić information content (AvgIpc) is 2.28. The van der Waals surface area contributed by atoms with Crippen LogP contribution in [0.5, 0.6) is 0 Å². The topological polar surface area (TPSA) is 54.5 Å². The number of sulfone groups is 1. The Labute approximate surface area is 72.5 Å². The quantitative estimate of drug-likeness (QED) is 0.569. The number of carbonyl (C=O) groups excluding carboxylic acids is 1. The van der Waals surface area contributed by atoms with Crippen LogP contribution in [0.15, 0.2) is 0 Å². The van der Waals surface area contributed by atoms with E-state index in [1.165, 1.54) is 11.8 Å². The molecule has 0 aliphatic carbocycles. The highest BCUT2D eigenvalue weighted by molar-refractivity contribution is 7.91. The number of amides is 1. The van der Waals surface area contributed by atoms with E-state index < -0.39 is 9.84 Å². The van der Waals surface area contributed by atoms with E-state index in [1.807, 2.05) is 0 Å². The summed E-state index contributed by atoms with van der Waals surface area (Å²) in [6.07, 6.45) is 0.582. The molecule has 0 N–H and O–H groups in total. The lowest BCUT2D eigenvalue weighted by atomic mass is 10.2. The van der Waals surface area contributed by atoms with E-state index in [1.54, 1.807) is 7.05 Å². The van der Waals surface area contributed by atoms with Gasteiger partial charge in [-0.3, -0.25) is 4.79 Å². The lowest BCUT2D eigenvalue weighted by molar-refractivity contribution is -0.129. The fraction of sp³-hybridized carbons (Fsp3) is 0.857. The molecule has 0 bridgehead atoms. The van der Waals surface area contributed by atoms with Crippen LogP contribution in [0, 0.1) is 0 Å². The molecule has 0 unspecified atom stereocenters. The van der Waals surface area contributed by atoms with Crippen molar-refractivity contribution in [1.82, 2.24) is 4.90 Å². The first-order valence-electron chi connectivity index (χ1n) is 3.86. The molecule has 1 heterocycles. The summed E-state index contributed by atoms with van der Waals surface area (Å²) in [5, 5.41) is 0. The molecule has 5 heteroatoms.